The molecule has 1 aliphatic rings. The third-order valence-electron chi connectivity index (χ3n) is 3.51. The smallest absolute Gasteiger partial charge is 0.254 e. The molecule has 0 bridgehead atoms. The van der Waals surface area contributed by atoms with E-state index < -0.39 is 0 Å². The number of benzene rings is 1. The minimum absolute atomic E-state index is 0.161. The van der Waals surface area contributed by atoms with Gasteiger partial charge in [0.25, 0.3) is 5.91 Å². The number of hydrogen-bond acceptors (Lipinski definition) is 2. The van der Waals surface area contributed by atoms with Gasteiger partial charge in [-0.25, -0.2) is 0 Å². The van der Waals surface area contributed by atoms with E-state index in [9.17, 15) is 4.79 Å². The molecule has 1 fully saturated rings. The fourth-order valence-corrected chi connectivity index (χ4v) is 2.24. The molecule has 0 unspecified atom stereocenters. The van der Waals surface area contributed by atoms with E-state index in [0.717, 1.165) is 36.6 Å². The average Bonchev–Trinajstić information content (AvgIpc) is 3.20. The Balaban J connectivity index is 2.14. The number of nitrogens with zero attached hydrogens (tertiary/aromatic N) is 1. The first-order valence-corrected chi connectivity index (χ1v) is 6.83. The second kappa shape index (κ2) is 6.01. The molecule has 3 heteroatoms. The van der Waals surface area contributed by atoms with E-state index in [2.05, 4.69) is 0 Å². The van der Waals surface area contributed by atoms with E-state index >= 15 is 0 Å². The molecule has 0 aromatic heterocycles. The van der Waals surface area contributed by atoms with Gasteiger partial charge in [-0.05, 0) is 50.3 Å². The van der Waals surface area contributed by atoms with E-state index in [1.165, 1.54) is 12.8 Å². The molecule has 0 atom stereocenters. The topological polar surface area (TPSA) is 46.3 Å². The van der Waals surface area contributed by atoms with Crippen LogP contribution in [-0.2, 0) is 6.42 Å². The maximum Gasteiger partial charge on any atom is 0.254 e. The fourth-order valence-electron chi connectivity index (χ4n) is 2.24. The summed E-state index contributed by atoms with van der Waals surface area (Å²) in [7, 11) is 0. The highest BCUT2D eigenvalue weighted by Crippen LogP contribution is 2.30. The van der Waals surface area contributed by atoms with Crippen molar-refractivity contribution in [2.45, 2.75) is 26.2 Å². The zero-order valence-corrected chi connectivity index (χ0v) is 11.1. The number of amides is 1. The van der Waals surface area contributed by atoms with Crippen molar-refractivity contribution in [1.82, 2.24) is 4.90 Å². The molecule has 1 aromatic carbocycles. The molecule has 2 N–H and O–H groups in total. The van der Waals surface area contributed by atoms with Gasteiger partial charge in [0.05, 0.1) is 0 Å². The van der Waals surface area contributed by atoms with Crippen molar-refractivity contribution < 1.29 is 4.79 Å². The van der Waals surface area contributed by atoms with Gasteiger partial charge in [0.2, 0.25) is 0 Å². The van der Waals surface area contributed by atoms with Crippen LogP contribution in [0, 0.1) is 5.92 Å². The molecule has 18 heavy (non-hydrogen) atoms. The Kier molecular flexibility index (Phi) is 4.37. The highest BCUT2D eigenvalue weighted by Gasteiger charge is 2.27. The van der Waals surface area contributed by atoms with E-state index in [1.54, 1.807) is 0 Å². The Labute approximate surface area is 109 Å². The average molecular weight is 246 g/mol. The third kappa shape index (κ3) is 3.10. The van der Waals surface area contributed by atoms with Crippen LogP contribution in [-0.4, -0.2) is 30.4 Å². The van der Waals surface area contributed by atoms with E-state index in [4.69, 9.17) is 5.73 Å². The molecule has 0 saturated heterocycles. The van der Waals surface area contributed by atoms with Gasteiger partial charge in [-0.1, -0.05) is 18.2 Å². The van der Waals surface area contributed by atoms with Gasteiger partial charge in [-0.15, -0.1) is 0 Å². The molecule has 3 nitrogen and oxygen atoms in total. The Hall–Kier alpha value is -1.35. The van der Waals surface area contributed by atoms with Gasteiger partial charge in [0.15, 0.2) is 0 Å². The highest BCUT2D eigenvalue weighted by molar-refractivity contribution is 5.95. The summed E-state index contributed by atoms with van der Waals surface area (Å²) in [5.41, 5.74) is 7.50. The van der Waals surface area contributed by atoms with E-state index in [-0.39, 0.29) is 5.91 Å². The minimum Gasteiger partial charge on any atom is -0.339 e. The molecule has 0 aliphatic heterocycles. The first kappa shape index (κ1) is 13.1. The largest absolute Gasteiger partial charge is 0.339 e. The van der Waals surface area contributed by atoms with Crippen molar-refractivity contribution >= 4 is 5.91 Å². The summed E-state index contributed by atoms with van der Waals surface area (Å²) in [4.78, 5) is 14.5. The van der Waals surface area contributed by atoms with Gasteiger partial charge in [-0.3, -0.25) is 4.79 Å². The van der Waals surface area contributed by atoms with Crippen LogP contribution in [0.15, 0.2) is 24.3 Å². The van der Waals surface area contributed by atoms with Crippen molar-refractivity contribution in [1.29, 1.82) is 0 Å². The van der Waals surface area contributed by atoms with Crippen LogP contribution in [0.2, 0.25) is 0 Å². The van der Waals surface area contributed by atoms with Crippen molar-refractivity contribution in [2.24, 2.45) is 11.7 Å². The maximum atomic E-state index is 12.5. The maximum absolute atomic E-state index is 12.5. The van der Waals surface area contributed by atoms with Gasteiger partial charge < -0.3 is 10.6 Å². The van der Waals surface area contributed by atoms with Gasteiger partial charge in [0.1, 0.15) is 0 Å². The standard InChI is InChI=1S/C15H22N2O/c1-2-17(11-12-7-8-12)15(18)14-6-4-3-5-13(14)9-10-16/h3-6,12H,2,7-11,16H2,1H3. The molecule has 1 aliphatic carbocycles. The third-order valence-corrected chi connectivity index (χ3v) is 3.51. The first-order chi connectivity index (χ1) is 8.76. The van der Waals surface area contributed by atoms with E-state index in [1.807, 2.05) is 36.1 Å². The lowest BCUT2D eigenvalue weighted by molar-refractivity contribution is 0.0756. The van der Waals surface area contributed by atoms with E-state index in [0.29, 0.717) is 6.54 Å². The molecule has 1 aromatic rings. The first-order valence-electron chi connectivity index (χ1n) is 6.83. The lowest BCUT2D eigenvalue weighted by Crippen LogP contribution is -2.33. The van der Waals surface area contributed by atoms with Crippen LogP contribution < -0.4 is 5.73 Å². The number of rotatable bonds is 6. The highest BCUT2D eigenvalue weighted by atomic mass is 16.2. The Morgan fingerprint density at radius 1 is 1.39 bits per heavy atom. The number of nitrogens with two attached hydrogens (primary N) is 1. The zero-order chi connectivity index (χ0) is 13.0. The Bertz CT molecular complexity index is 413. The molecule has 98 valence electrons. The lowest BCUT2D eigenvalue weighted by atomic mass is 10.0. The summed E-state index contributed by atoms with van der Waals surface area (Å²) >= 11 is 0. The molecular formula is C15H22N2O. The molecule has 0 radical (unpaired) electrons. The van der Waals surface area contributed by atoms with Gasteiger partial charge in [-0.2, -0.15) is 0 Å². The van der Waals surface area contributed by atoms with Gasteiger partial charge in [0, 0.05) is 18.7 Å². The van der Waals surface area contributed by atoms with Gasteiger partial charge >= 0.3 is 0 Å². The lowest BCUT2D eigenvalue weighted by Gasteiger charge is -2.22. The SMILES string of the molecule is CCN(CC1CC1)C(=O)c1ccccc1CCN. The van der Waals surface area contributed by atoms with Crippen molar-refractivity contribution in [2.75, 3.05) is 19.6 Å². The monoisotopic (exact) mass is 246 g/mol. The number of hydrogen-bond donors (Lipinski definition) is 1. The molecular weight excluding hydrogens is 224 g/mol. The summed E-state index contributed by atoms with van der Waals surface area (Å²) in [6, 6.07) is 7.82. The zero-order valence-electron chi connectivity index (χ0n) is 11.1. The summed E-state index contributed by atoms with van der Waals surface area (Å²) in [6.45, 7) is 4.32. The Morgan fingerprint density at radius 3 is 2.72 bits per heavy atom. The molecule has 1 amide bonds. The summed E-state index contributed by atoms with van der Waals surface area (Å²) in [6.07, 6.45) is 3.31. The second-order valence-electron chi connectivity index (χ2n) is 4.98. The molecule has 2 rings (SSSR count). The quantitative estimate of drug-likeness (QED) is 0.835. The van der Waals surface area contributed by atoms with Crippen LogP contribution >= 0.6 is 0 Å². The Morgan fingerprint density at radius 2 is 2.11 bits per heavy atom. The van der Waals surface area contributed by atoms with Crippen LogP contribution in [0.5, 0.6) is 0 Å². The number of carbonyl (C=O) groups is 1. The van der Waals surface area contributed by atoms with Crippen molar-refractivity contribution in [3.05, 3.63) is 35.4 Å². The van der Waals surface area contributed by atoms with Crippen molar-refractivity contribution in [3.8, 4) is 0 Å². The molecule has 0 spiro atoms. The molecule has 0 heterocycles. The van der Waals surface area contributed by atoms with Crippen LogP contribution in [0.25, 0.3) is 0 Å². The molecule has 1 saturated carbocycles. The number of carbonyl (C=O) groups excluding carboxylic acids is 1. The predicted octanol–water partition coefficient (Wildman–Crippen LogP) is 2.06. The van der Waals surface area contributed by atoms with Crippen LogP contribution in [0.4, 0.5) is 0 Å². The summed E-state index contributed by atoms with van der Waals surface area (Å²) in [5.74, 6) is 0.893. The summed E-state index contributed by atoms with van der Waals surface area (Å²) < 4.78 is 0. The predicted molar refractivity (Wildman–Crippen MR) is 73.5 cm³/mol. The normalized spacial score (nSPS) is 14.6. The van der Waals surface area contributed by atoms with Crippen molar-refractivity contribution in [3.63, 3.8) is 0 Å². The second-order valence-corrected chi connectivity index (χ2v) is 4.98. The van der Waals surface area contributed by atoms with Crippen LogP contribution in [0.1, 0.15) is 35.7 Å². The minimum atomic E-state index is 0.161. The summed E-state index contributed by atoms with van der Waals surface area (Å²) in [5, 5.41) is 0. The van der Waals surface area contributed by atoms with Crippen LogP contribution in [0.3, 0.4) is 0 Å². The fraction of sp³-hybridized carbons (Fsp3) is 0.533.